The number of pyridine rings is 1. The summed E-state index contributed by atoms with van der Waals surface area (Å²) < 4.78 is 5.77. The molecule has 0 spiro atoms. The molecule has 0 saturated heterocycles. The molecule has 3 nitrogen and oxygen atoms in total. The first-order valence-corrected chi connectivity index (χ1v) is 6.99. The number of hydrogen-bond acceptors (Lipinski definition) is 3. The molecule has 96 valence electrons. The van der Waals surface area contributed by atoms with Gasteiger partial charge in [-0.05, 0) is 36.8 Å². The maximum absolute atomic E-state index is 8.85. The number of nitriles is 1. The fraction of sp³-hybridized carbons (Fsp3) is 0.200. The lowest BCUT2D eigenvalue weighted by atomic mass is 10.1. The number of aromatic nitrogens is 1. The monoisotopic (exact) mass is 316 g/mol. The van der Waals surface area contributed by atoms with Gasteiger partial charge in [0.25, 0.3) is 0 Å². The van der Waals surface area contributed by atoms with Crippen molar-refractivity contribution < 1.29 is 4.74 Å². The number of rotatable bonds is 4. The molecule has 4 heteroatoms. The van der Waals surface area contributed by atoms with Crippen LogP contribution >= 0.6 is 15.9 Å². The second-order valence-corrected chi connectivity index (χ2v) is 4.69. The second kappa shape index (κ2) is 6.35. The Morgan fingerprint density at radius 3 is 2.89 bits per heavy atom. The molecule has 0 atom stereocenters. The Balaban J connectivity index is 2.12. The van der Waals surface area contributed by atoms with Crippen molar-refractivity contribution in [1.29, 1.82) is 5.26 Å². The average molecular weight is 317 g/mol. The minimum absolute atomic E-state index is 0.431. The molecular formula is C15H13BrN2O. The van der Waals surface area contributed by atoms with Gasteiger partial charge in [-0.25, -0.2) is 0 Å². The second-order valence-electron chi connectivity index (χ2n) is 4.13. The lowest BCUT2D eigenvalue weighted by Gasteiger charge is -2.10. The van der Waals surface area contributed by atoms with Crippen LogP contribution in [0.15, 0.2) is 36.4 Å². The highest BCUT2D eigenvalue weighted by Crippen LogP contribution is 2.20. The number of nitrogens with zero attached hydrogens (tertiary/aromatic N) is 2. The van der Waals surface area contributed by atoms with Gasteiger partial charge in [-0.2, -0.15) is 5.26 Å². The smallest absolute Gasteiger partial charge is 0.142 e. The van der Waals surface area contributed by atoms with Gasteiger partial charge < -0.3 is 4.74 Å². The Kier molecular flexibility index (Phi) is 4.53. The highest BCUT2D eigenvalue weighted by atomic mass is 79.9. The van der Waals surface area contributed by atoms with Crippen LogP contribution in [0.2, 0.25) is 0 Å². The van der Waals surface area contributed by atoms with Crippen LogP contribution in [-0.2, 0) is 11.9 Å². The van der Waals surface area contributed by atoms with Crippen molar-refractivity contribution >= 4 is 15.9 Å². The van der Waals surface area contributed by atoms with Gasteiger partial charge in [0, 0.05) is 11.0 Å². The van der Waals surface area contributed by atoms with Gasteiger partial charge in [0.2, 0.25) is 0 Å². The largest absolute Gasteiger partial charge is 0.487 e. The normalized spacial score (nSPS) is 9.95. The van der Waals surface area contributed by atoms with Gasteiger partial charge in [0.05, 0.1) is 17.3 Å². The molecule has 0 aliphatic carbocycles. The third-order valence-corrected chi connectivity index (χ3v) is 3.18. The maximum atomic E-state index is 8.85. The minimum Gasteiger partial charge on any atom is -0.487 e. The standard InChI is InChI=1S/C15H13BrN2O/c1-11-5-6-15(14(8-16)18-11)19-10-13-4-2-3-12(7-13)9-17/h2-7H,8,10H2,1H3. The lowest BCUT2D eigenvalue weighted by molar-refractivity contribution is 0.302. The van der Waals surface area contributed by atoms with Crippen LogP contribution in [0.1, 0.15) is 22.5 Å². The summed E-state index contributed by atoms with van der Waals surface area (Å²) in [6, 6.07) is 13.4. The molecule has 0 amide bonds. The van der Waals surface area contributed by atoms with E-state index >= 15 is 0 Å². The number of benzene rings is 1. The Morgan fingerprint density at radius 1 is 1.32 bits per heavy atom. The zero-order valence-electron chi connectivity index (χ0n) is 10.6. The fourth-order valence-corrected chi connectivity index (χ4v) is 2.12. The molecule has 0 fully saturated rings. The quantitative estimate of drug-likeness (QED) is 0.807. The molecule has 1 aromatic carbocycles. The Bertz CT molecular complexity index is 620. The van der Waals surface area contributed by atoms with Crippen molar-refractivity contribution in [2.75, 3.05) is 0 Å². The van der Waals surface area contributed by atoms with E-state index in [1.54, 1.807) is 6.07 Å². The summed E-state index contributed by atoms with van der Waals surface area (Å²) in [7, 11) is 0. The van der Waals surface area contributed by atoms with E-state index in [4.69, 9.17) is 10.00 Å². The highest BCUT2D eigenvalue weighted by Gasteiger charge is 2.05. The van der Waals surface area contributed by atoms with E-state index in [1.165, 1.54) is 0 Å². The fourth-order valence-electron chi connectivity index (χ4n) is 1.72. The van der Waals surface area contributed by atoms with Crippen molar-refractivity contribution in [3.8, 4) is 11.8 Å². The first kappa shape index (κ1) is 13.6. The predicted octanol–water partition coefficient (Wildman–Crippen LogP) is 3.74. The van der Waals surface area contributed by atoms with Gasteiger partial charge in [-0.1, -0.05) is 28.1 Å². The van der Waals surface area contributed by atoms with E-state index in [-0.39, 0.29) is 0 Å². The average Bonchev–Trinajstić information content (AvgIpc) is 2.46. The van der Waals surface area contributed by atoms with E-state index < -0.39 is 0 Å². The predicted molar refractivity (Wildman–Crippen MR) is 77.1 cm³/mol. The third-order valence-electron chi connectivity index (χ3n) is 2.65. The van der Waals surface area contributed by atoms with Gasteiger partial charge >= 0.3 is 0 Å². The van der Waals surface area contributed by atoms with Crippen molar-refractivity contribution in [2.45, 2.75) is 18.9 Å². The molecule has 1 aromatic heterocycles. The first-order chi connectivity index (χ1) is 9.22. The SMILES string of the molecule is Cc1ccc(OCc2cccc(C#N)c2)c(CBr)n1. The Hall–Kier alpha value is -1.86. The molecule has 2 aromatic rings. The molecule has 0 N–H and O–H groups in total. The molecular weight excluding hydrogens is 304 g/mol. The molecule has 0 radical (unpaired) electrons. The first-order valence-electron chi connectivity index (χ1n) is 5.87. The van der Waals surface area contributed by atoms with Crippen LogP contribution < -0.4 is 4.74 Å². The zero-order valence-corrected chi connectivity index (χ0v) is 12.1. The minimum atomic E-state index is 0.431. The van der Waals surface area contributed by atoms with Crippen LogP contribution in [0.3, 0.4) is 0 Å². The van der Waals surface area contributed by atoms with E-state index in [2.05, 4.69) is 27.0 Å². The van der Waals surface area contributed by atoms with E-state index in [9.17, 15) is 0 Å². The van der Waals surface area contributed by atoms with E-state index in [0.717, 1.165) is 22.7 Å². The van der Waals surface area contributed by atoms with Gasteiger partial charge in [-0.3, -0.25) is 4.98 Å². The van der Waals surface area contributed by atoms with E-state index in [0.29, 0.717) is 17.5 Å². The Morgan fingerprint density at radius 2 is 2.16 bits per heavy atom. The number of alkyl halides is 1. The summed E-state index contributed by atoms with van der Waals surface area (Å²) in [5.41, 5.74) is 3.47. The topological polar surface area (TPSA) is 45.9 Å². The summed E-state index contributed by atoms with van der Waals surface area (Å²) in [6.45, 7) is 2.38. The number of halogens is 1. The van der Waals surface area contributed by atoms with E-state index in [1.807, 2.05) is 37.3 Å². The highest BCUT2D eigenvalue weighted by molar-refractivity contribution is 9.08. The zero-order chi connectivity index (χ0) is 13.7. The summed E-state index contributed by atoms with van der Waals surface area (Å²) in [4.78, 5) is 4.41. The number of hydrogen-bond donors (Lipinski definition) is 0. The van der Waals surface area contributed by atoms with Crippen LogP contribution in [0.25, 0.3) is 0 Å². The summed E-state index contributed by atoms with van der Waals surface area (Å²) in [6.07, 6.45) is 0. The summed E-state index contributed by atoms with van der Waals surface area (Å²) in [5, 5.41) is 9.51. The molecule has 1 heterocycles. The van der Waals surface area contributed by atoms with Gasteiger partial charge in [0.1, 0.15) is 12.4 Å². The molecule has 0 saturated carbocycles. The van der Waals surface area contributed by atoms with Crippen molar-refractivity contribution in [1.82, 2.24) is 4.98 Å². The number of aryl methyl sites for hydroxylation is 1. The van der Waals surface area contributed by atoms with Crippen LogP contribution in [0, 0.1) is 18.3 Å². The molecule has 0 bridgehead atoms. The van der Waals surface area contributed by atoms with Crippen molar-refractivity contribution in [3.05, 3.63) is 58.9 Å². The Labute approximate surface area is 121 Å². The molecule has 0 unspecified atom stereocenters. The van der Waals surface area contributed by atoms with Crippen molar-refractivity contribution in [2.24, 2.45) is 0 Å². The molecule has 0 aliphatic heterocycles. The van der Waals surface area contributed by atoms with Crippen LogP contribution in [0.5, 0.6) is 5.75 Å². The van der Waals surface area contributed by atoms with Gasteiger partial charge in [-0.15, -0.1) is 0 Å². The number of ether oxygens (including phenoxy) is 1. The van der Waals surface area contributed by atoms with Crippen LogP contribution in [-0.4, -0.2) is 4.98 Å². The molecule has 19 heavy (non-hydrogen) atoms. The maximum Gasteiger partial charge on any atom is 0.142 e. The molecule has 2 rings (SSSR count). The third kappa shape index (κ3) is 3.55. The summed E-state index contributed by atoms with van der Waals surface area (Å²) >= 11 is 3.41. The summed E-state index contributed by atoms with van der Waals surface area (Å²) in [5.74, 6) is 0.768. The molecule has 0 aliphatic rings. The van der Waals surface area contributed by atoms with Crippen molar-refractivity contribution in [3.63, 3.8) is 0 Å². The van der Waals surface area contributed by atoms with Crippen LogP contribution in [0.4, 0.5) is 0 Å². The lowest BCUT2D eigenvalue weighted by Crippen LogP contribution is -2.00. The van der Waals surface area contributed by atoms with Gasteiger partial charge in [0.15, 0.2) is 0 Å².